The topological polar surface area (TPSA) is 46.3 Å². The fraction of sp³-hybridized carbons (Fsp3) is 0.562. The van der Waals surface area contributed by atoms with Crippen LogP contribution in [0.25, 0.3) is 0 Å². The third-order valence-electron chi connectivity index (χ3n) is 3.43. The molecule has 0 aromatic heterocycles. The van der Waals surface area contributed by atoms with Gasteiger partial charge in [-0.1, -0.05) is 45.0 Å². The summed E-state index contributed by atoms with van der Waals surface area (Å²) in [6, 6.07) is 8.26. The van der Waals surface area contributed by atoms with E-state index in [0.717, 1.165) is 12.0 Å². The Morgan fingerprint density at radius 3 is 2.21 bits per heavy atom. The van der Waals surface area contributed by atoms with Gasteiger partial charge in [-0.25, -0.2) is 0 Å². The molecule has 1 amide bonds. The SMILES string of the molecule is CCc1ccc(CC(=O)N(C)CC(C)(C)CN)cc1. The molecule has 0 fully saturated rings. The number of aryl methyl sites for hydroxylation is 1. The van der Waals surface area contributed by atoms with Gasteiger partial charge in [0.2, 0.25) is 5.91 Å². The van der Waals surface area contributed by atoms with Crippen molar-refractivity contribution >= 4 is 5.91 Å². The summed E-state index contributed by atoms with van der Waals surface area (Å²) in [4.78, 5) is 13.9. The molecular weight excluding hydrogens is 236 g/mol. The predicted molar refractivity (Wildman–Crippen MR) is 80.0 cm³/mol. The zero-order valence-electron chi connectivity index (χ0n) is 12.6. The van der Waals surface area contributed by atoms with Crippen LogP contribution in [0.15, 0.2) is 24.3 Å². The van der Waals surface area contributed by atoms with Crippen molar-refractivity contribution in [2.45, 2.75) is 33.6 Å². The number of hydrogen-bond donors (Lipinski definition) is 1. The minimum atomic E-state index is -0.0313. The van der Waals surface area contributed by atoms with Crippen molar-refractivity contribution in [1.29, 1.82) is 0 Å². The van der Waals surface area contributed by atoms with Gasteiger partial charge >= 0.3 is 0 Å². The minimum absolute atomic E-state index is 0.0313. The first-order valence-electron chi connectivity index (χ1n) is 6.90. The number of rotatable bonds is 6. The molecule has 1 aromatic carbocycles. The zero-order chi connectivity index (χ0) is 14.5. The van der Waals surface area contributed by atoms with Crippen molar-refractivity contribution in [2.24, 2.45) is 11.1 Å². The molecule has 3 nitrogen and oxygen atoms in total. The molecule has 0 bridgehead atoms. The lowest BCUT2D eigenvalue weighted by Gasteiger charge is -2.29. The Balaban J connectivity index is 2.58. The van der Waals surface area contributed by atoms with Crippen molar-refractivity contribution < 1.29 is 4.79 Å². The number of nitrogens with two attached hydrogens (primary N) is 1. The third kappa shape index (κ3) is 5.03. The Bertz CT molecular complexity index is 409. The summed E-state index contributed by atoms with van der Waals surface area (Å²) in [6.07, 6.45) is 1.49. The highest BCUT2D eigenvalue weighted by Crippen LogP contribution is 2.15. The molecule has 0 atom stereocenters. The maximum absolute atomic E-state index is 12.1. The van der Waals surface area contributed by atoms with Crippen LogP contribution >= 0.6 is 0 Å². The third-order valence-corrected chi connectivity index (χ3v) is 3.43. The highest BCUT2D eigenvalue weighted by Gasteiger charge is 2.21. The molecule has 1 rings (SSSR count). The van der Waals surface area contributed by atoms with Crippen LogP contribution < -0.4 is 5.73 Å². The molecular formula is C16H26N2O. The van der Waals surface area contributed by atoms with Crippen LogP contribution in [0.3, 0.4) is 0 Å². The van der Waals surface area contributed by atoms with Crippen molar-refractivity contribution in [3.05, 3.63) is 35.4 Å². The van der Waals surface area contributed by atoms with E-state index in [2.05, 4.69) is 32.9 Å². The molecule has 106 valence electrons. The van der Waals surface area contributed by atoms with Gasteiger partial charge in [-0.05, 0) is 29.5 Å². The van der Waals surface area contributed by atoms with E-state index in [1.54, 1.807) is 4.90 Å². The fourth-order valence-electron chi connectivity index (χ4n) is 2.00. The van der Waals surface area contributed by atoms with Gasteiger partial charge in [0, 0.05) is 13.6 Å². The van der Waals surface area contributed by atoms with E-state index in [0.29, 0.717) is 19.5 Å². The largest absolute Gasteiger partial charge is 0.345 e. The average molecular weight is 262 g/mol. The summed E-state index contributed by atoms with van der Waals surface area (Å²) in [5.41, 5.74) is 8.04. The van der Waals surface area contributed by atoms with Gasteiger partial charge in [0.15, 0.2) is 0 Å². The first-order chi connectivity index (χ1) is 8.88. The van der Waals surface area contributed by atoms with Crippen LogP contribution in [0.4, 0.5) is 0 Å². The van der Waals surface area contributed by atoms with E-state index in [-0.39, 0.29) is 11.3 Å². The fourth-order valence-corrected chi connectivity index (χ4v) is 2.00. The van der Waals surface area contributed by atoms with Crippen LogP contribution in [0.2, 0.25) is 0 Å². The Labute approximate surface area is 116 Å². The van der Waals surface area contributed by atoms with Gasteiger partial charge in [-0.2, -0.15) is 0 Å². The van der Waals surface area contributed by atoms with Gasteiger partial charge < -0.3 is 10.6 Å². The van der Waals surface area contributed by atoms with Crippen LogP contribution in [0.1, 0.15) is 31.9 Å². The lowest BCUT2D eigenvalue weighted by atomic mass is 9.93. The van der Waals surface area contributed by atoms with Crippen LogP contribution in [0, 0.1) is 5.41 Å². The van der Waals surface area contributed by atoms with E-state index in [1.165, 1.54) is 5.56 Å². The predicted octanol–water partition coefficient (Wildman–Crippen LogP) is 2.23. The molecule has 3 heteroatoms. The minimum Gasteiger partial charge on any atom is -0.345 e. The molecule has 2 N–H and O–H groups in total. The van der Waals surface area contributed by atoms with Crippen LogP contribution in [-0.4, -0.2) is 30.9 Å². The van der Waals surface area contributed by atoms with Gasteiger partial charge in [0.1, 0.15) is 0 Å². The van der Waals surface area contributed by atoms with E-state index in [1.807, 2.05) is 19.2 Å². The molecule has 0 heterocycles. The Morgan fingerprint density at radius 2 is 1.74 bits per heavy atom. The quantitative estimate of drug-likeness (QED) is 0.854. The summed E-state index contributed by atoms with van der Waals surface area (Å²) in [7, 11) is 1.85. The molecule has 0 aliphatic carbocycles. The number of carbonyl (C=O) groups excluding carboxylic acids is 1. The van der Waals surface area contributed by atoms with Crippen LogP contribution in [0.5, 0.6) is 0 Å². The maximum atomic E-state index is 12.1. The summed E-state index contributed by atoms with van der Waals surface area (Å²) in [5.74, 6) is 0.144. The molecule has 0 saturated carbocycles. The number of hydrogen-bond acceptors (Lipinski definition) is 2. The highest BCUT2D eigenvalue weighted by atomic mass is 16.2. The molecule has 0 saturated heterocycles. The highest BCUT2D eigenvalue weighted by molar-refractivity contribution is 5.78. The van der Waals surface area contributed by atoms with Gasteiger partial charge in [-0.3, -0.25) is 4.79 Å². The molecule has 0 radical (unpaired) electrons. The summed E-state index contributed by atoms with van der Waals surface area (Å²) >= 11 is 0. The second kappa shape index (κ2) is 6.71. The van der Waals surface area contributed by atoms with E-state index in [4.69, 9.17) is 5.73 Å². The van der Waals surface area contributed by atoms with Gasteiger partial charge in [-0.15, -0.1) is 0 Å². The Hall–Kier alpha value is -1.35. The standard InChI is InChI=1S/C16H26N2O/c1-5-13-6-8-14(9-7-13)10-15(19)18(4)12-16(2,3)11-17/h6-9H,5,10-12,17H2,1-4H3. The van der Waals surface area contributed by atoms with Crippen molar-refractivity contribution in [2.75, 3.05) is 20.1 Å². The Morgan fingerprint density at radius 1 is 1.21 bits per heavy atom. The van der Waals surface area contributed by atoms with Gasteiger partial charge in [0.25, 0.3) is 0 Å². The maximum Gasteiger partial charge on any atom is 0.226 e. The number of amides is 1. The molecule has 0 aliphatic heterocycles. The smallest absolute Gasteiger partial charge is 0.226 e. The second-order valence-electron chi connectivity index (χ2n) is 5.96. The summed E-state index contributed by atoms with van der Waals surface area (Å²) in [6.45, 7) is 7.55. The van der Waals surface area contributed by atoms with E-state index >= 15 is 0 Å². The molecule has 19 heavy (non-hydrogen) atoms. The number of carbonyl (C=O) groups is 1. The molecule has 1 aromatic rings. The second-order valence-corrected chi connectivity index (χ2v) is 5.96. The van der Waals surface area contributed by atoms with E-state index < -0.39 is 0 Å². The Kier molecular flexibility index (Phi) is 5.55. The summed E-state index contributed by atoms with van der Waals surface area (Å²) < 4.78 is 0. The normalized spacial score (nSPS) is 11.4. The van der Waals surface area contributed by atoms with Crippen LogP contribution in [-0.2, 0) is 17.6 Å². The first-order valence-corrected chi connectivity index (χ1v) is 6.90. The first kappa shape index (κ1) is 15.7. The number of nitrogens with zero attached hydrogens (tertiary/aromatic N) is 1. The zero-order valence-corrected chi connectivity index (χ0v) is 12.6. The van der Waals surface area contributed by atoms with Crippen molar-refractivity contribution in [3.63, 3.8) is 0 Å². The molecule has 0 spiro atoms. The lowest BCUT2D eigenvalue weighted by Crippen LogP contribution is -2.40. The molecule has 0 unspecified atom stereocenters. The van der Waals surface area contributed by atoms with Crippen molar-refractivity contribution in [1.82, 2.24) is 4.90 Å². The van der Waals surface area contributed by atoms with Crippen molar-refractivity contribution in [3.8, 4) is 0 Å². The number of benzene rings is 1. The molecule has 0 aliphatic rings. The average Bonchev–Trinajstić information content (AvgIpc) is 2.39. The monoisotopic (exact) mass is 262 g/mol. The number of likely N-dealkylation sites (N-methyl/N-ethyl adjacent to an activating group) is 1. The van der Waals surface area contributed by atoms with Gasteiger partial charge in [0.05, 0.1) is 6.42 Å². The van der Waals surface area contributed by atoms with E-state index in [9.17, 15) is 4.79 Å². The lowest BCUT2D eigenvalue weighted by molar-refractivity contribution is -0.130. The summed E-state index contributed by atoms with van der Waals surface area (Å²) in [5, 5.41) is 0.